The van der Waals surface area contributed by atoms with Gasteiger partial charge in [-0.2, -0.15) is 0 Å². The van der Waals surface area contributed by atoms with Gasteiger partial charge in [-0.1, -0.05) is 12.1 Å². The Morgan fingerprint density at radius 3 is 2.71 bits per heavy atom. The molecule has 0 aliphatic carbocycles. The first kappa shape index (κ1) is 14.6. The van der Waals surface area contributed by atoms with E-state index >= 15 is 0 Å². The summed E-state index contributed by atoms with van der Waals surface area (Å²) in [6.45, 7) is 0. The van der Waals surface area contributed by atoms with Crippen LogP contribution in [0.1, 0.15) is 5.56 Å². The molecule has 21 heavy (non-hydrogen) atoms. The lowest BCUT2D eigenvalue weighted by Crippen LogP contribution is -2.12. The van der Waals surface area contributed by atoms with E-state index in [-0.39, 0.29) is 5.91 Å². The molecule has 2 aromatic rings. The van der Waals surface area contributed by atoms with Gasteiger partial charge in [0.05, 0.1) is 11.9 Å². The van der Waals surface area contributed by atoms with Crippen molar-refractivity contribution in [1.82, 2.24) is 4.98 Å². The Morgan fingerprint density at radius 1 is 1.29 bits per heavy atom. The summed E-state index contributed by atoms with van der Waals surface area (Å²) < 4.78 is 0. The number of hydrogen-bond donors (Lipinski definition) is 2. The van der Waals surface area contributed by atoms with Crippen LogP contribution in [0, 0.1) is 0 Å². The molecule has 0 spiro atoms. The predicted molar refractivity (Wildman–Crippen MR) is 87.1 cm³/mol. The van der Waals surface area contributed by atoms with Gasteiger partial charge in [-0.05, 0) is 35.9 Å². The number of carbonyl (C=O) groups is 1. The molecule has 0 bridgehead atoms. The molecule has 0 aliphatic rings. The number of carbonyl (C=O) groups excluding carboxylic acids is 1. The van der Waals surface area contributed by atoms with E-state index in [1.807, 2.05) is 43.3 Å². The Bertz CT molecular complexity index is 648. The molecule has 0 aliphatic heterocycles. The van der Waals surface area contributed by atoms with Gasteiger partial charge in [-0.15, -0.1) is 0 Å². The molecule has 1 aromatic heterocycles. The van der Waals surface area contributed by atoms with E-state index < -0.39 is 0 Å². The molecule has 108 valence electrons. The monoisotopic (exact) mass is 282 g/mol. The topological polar surface area (TPSA) is 71.2 Å². The quantitative estimate of drug-likeness (QED) is 0.667. The largest absolute Gasteiger partial charge is 0.399 e. The predicted octanol–water partition coefficient (Wildman–Crippen LogP) is 2.38. The Morgan fingerprint density at radius 2 is 2.10 bits per heavy atom. The summed E-state index contributed by atoms with van der Waals surface area (Å²) >= 11 is 0. The third-order valence-electron chi connectivity index (χ3n) is 2.81. The van der Waals surface area contributed by atoms with Gasteiger partial charge in [-0.3, -0.25) is 4.79 Å². The molecule has 2 rings (SSSR count). The molecule has 0 atom stereocenters. The zero-order valence-electron chi connectivity index (χ0n) is 12.1. The SMILES string of the molecule is CN(C)c1ccc(NC(=O)/C=C/c2cccc(N)c2)cn1. The number of rotatable bonds is 4. The third-order valence-corrected chi connectivity index (χ3v) is 2.81. The molecule has 5 nitrogen and oxygen atoms in total. The first-order valence-electron chi connectivity index (χ1n) is 6.52. The van der Waals surface area contributed by atoms with E-state index in [0.717, 1.165) is 11.4 Å². The van der Waals surface area contributed by atoms with Crippen molar-refractivity contribution in [2.75, 3.05) is 30.0 Å². The number of hydrogen-bond acceptors (Lipinski definition) is 4. The van der Waals surface area contributed by atoms with Gasteiger partial charge in [0, 0.05) is 25.9 Å². The van der Waals surface area contributed by atoms with E-state index in [2.05, 4.69) is 10.3 Å². The highest BCUT2D eigenvalue weighted by Gasteiger charge is 2.00. The smallest absolute Gasteiger partial charge is 0.248 e. The Labute approximate surface area is 124 Å². The minimum atomic E-state index is -0.211. The molecule has 0 fully saturated rings. The molecule has 0 saturated heterocycles. The van der Waals surface area contributed by atoms with Gasteiger partial charge in [0.2, 0.25) is 5.91 Å². The summed E-state index contributed by atoms with van der Waals surface area (Å²) in [6, 6.07) is 11.0. The molecule has 1 heterocycles. The fourth-order valence-electron chi connectivity index (χ4n) is 1.74. The molecule has 1 amide bonds. The molecular weight excluding hydrogens is 264 g/mol. The third kappa shape index (κ3) is 4.35. The maximum Gasteiger partial charge on any atom is 0.248 e. The van der Waals surface area contributed by atoms with Gasteiger partial charge < -0.3 is 16.0 Å². The zero-order valence-corrected chi connectivity index (χ0v) is 12.1. The number of nitrogens with one attached hydrogen (secondary N) is 1. The number of nitrogen functional groups attached to an aromatic ring is 1. The van der Waals surface area contributed by atoms with Crippen molar-refractivity contribution in [1.29, 1.82) is 0 Å². The van der Waals surface area contributed by atoms with Crippen molar-refractivity contribution in [2.24, 2.45) is 0 Å². The first-order chi connectivity index (χ1) is 10.0. The number of anilines is 3. The molecule has 5 heteroatoms. The average Bonchev–Trinajstić information content (AvgIpc) is 2.46. The Balaban J connectivity index is 1.98. The van der Waals surface area contributed by atoms with Crippen LogP contribution < -0.4 is 16.0 Å². The van der Waals surface area contributed by atoms with Gasteiger partial charge in [0.25, 0.3) is 0 Å². The molecule has 0 saturated carbocycles. The van der Waals surface area contributed by atoms with E-state index in [4.69, 9.17) is 5.73 Å². The van der Waals surface area contributed by atoms with Crippen LogP contribution in [0.25, 0.3) is 6.08 Å². The van der Waals surface area contributed by atoms with Gasteiger partial charge in [0.15, 0.2) is 0 Å². The second-order valence-corrected chi connectivity index (χ2v) is 4.79. The van der Waals surface area contributed by atoms with Crippen molar-refractivity contribution in [3.05, 3.63) is 54.2 Å². The summed E-state index contributed by atoms with van der Waals surface area (Å²) in [4.78, 5) is 17.9. The molecule has 0 unspecified atom stereocenters. The summed E-state index contributed by atoms with van der Waals surface area (Å²) in [5.41, 5.74) is 7.88. The number of aromatic nitrogens is 1. The van der Waals surface area contributed by atoms with Crippen LogP contribution in [0.15, 0.2) is 48.7 Å². The minimum absolute atomic E-state index is 0.211. The minimum Gasteiger partial charge on any atom is -0.399 e. The lowest BCUT2D eigenvalue weighted by Gasteiger charge is -2.11. The second-order valence-electron chi connectivity index (χ2n) is 4.79. The summed E-state index contributed by atoms with van der Waals surface area (Å²) in [6.07, 6.45) is 4.81. The fraction of sp³-hybridized carbons (Fsp3) is 0.125. The highest BCUT2D eigenvalue weighted by atomic mass is 16.1. The number of pyridine rings is 1. The average molecular weight is 282 g/mol. The van der Waals surface area contributed by atoms with E-state index in [9.17, 15) is 4.79 Å². The summed E-state index contributed by atoms with van der Waals surface area (Å²) in [5.74, 6) is 0.625. The van der Waals surface area contributed by atoms with Crippen molar-refractivity contribution in [2.45, 2.75) is 0 Å². The Kier molecular flexibility index (Phi) is 4.56. The van der Waals surface area contributed by atoms with Crippen molar-refractivity contribution in [3.63, 3.8) is 0 Å². The fourth-order valence-corrected chi connectivity index (χ4v) is 1.74. The van der Waals surface area contributed by atoms with Crippen LogP contribution >= 0.6 is 0 Å². The standard InChI is InChI=1S/C16H18N4O/c1-20(2)15-8-7-14(11-18-15)19-16(21)9-6-12-4-3-5-13(17)10-12/h3-11H,17H2,1-2H3,(H,19,21)/b9-6+. The number of nitrogens with zero attached hydrogens (tertiary/aromatic N) is 2. The normalized spacial score (nSPS) is 10.6. The van der Waals surface area contributed by atoms with Crippen molar-refractivity contribution in [3.8, 4) is 0 Å². The number of benzene rings is 1. The number of amides is 1. The van der Waals surface area contributed by atoms with Crippen molar-refractivity contribution < 1.29 is 4.79 Å². The van der Waals surface area contributed by atoms with E-state index in [1.54, 1.807) is 24.4 Å². The molecule has 3 N–H and O–H groups in total. The lowest BCUT2D eigenvalue weighted by atomic mass is 10.2. The highest BCUT2D eigenvalue weighted by molar-refractivity contribution is 6.01. The van der Waals surface area contributed by atoms with Crippen LogP contribution in [0.4, 0.5) is 17.2 Å². The maximum atomic E-state index is 11.8. The summed E-state index contributed by atoms with van der Waals surface area (Å²) in [5, 5.41) is 2.75. The second kappa shape index (κ2) is 6.56. The lowest BCUT2D eigenvalue weighted by molar-refractivity contribution is -0.111. The maximum absolute atomic E-state index is 11.8. The summed E-state index contributed by atoms with van der Waals surface area (Å²) in [7, 11) is 3.82. The van der Waals surface area contributed by atoms with Crippen LogP contribution in [0.3, 0.4) is 0 Å². The van der Waals surface area contributed by atoms with Gasteiger partial charge in [-0.25, -0.2) is 4.98 Å². The van der Waals surface area contributed by atoms with Gasteiger partial charge in [0.1, 0.15) is 5.82 Å². The van der Waals surface area contributed by atoms with Crippen LogP contribution in [0.2, 0.25) is 0 Å². The van der Waals surface area contributed by atoms with E-state index in [1.165, 1.54) is 6.08 Å². The molecule has 1 aromatic carbocycles. The van der Waals surface area contributed by atoms with Crippen LogP contribution in [-0.2, 0) is 4.79 Å². The molecule has 0 radical (unpaired) electrons. The highest BCUT2D eigenvalue weighted by Crippen LogP contribution is 2.12. The zero-order chi connectivity index (χ0) is 15.2. The number of nitrogens with two attached hydrogens (primary N) is 1. The van der Waals surface area contributed by atoms with Crippen molar-refractivity contribution >= 4 is 29.2 Å². The Hall–Kier alpha value is -2.82. The van der Waals surface area contributed by atoms with Crippen LogP contribution in [0.5, 0.6) is 0 Å². The molecular formula is C16H18N4O. The van der Waals surface area contributed by atoms with Gasteiger partial charge >= 0.3 is 0 Å². The van der Waals surface area contributed by atoms with Crippen LogP contribution in [-0.4, -0.2) is 25.0 Å². The first-order valence-corrected chi connectivity index (χ1v) is 6.52. The van der Waals surface area contributed by atoms with E-state index in [0.29, 0.717) is 11.4 Å².